The Hall–Kier alpha value is -1.76. The minimum Gasteiger partial charge on any atom is -0.508 e. The molecule has 1 nitrogen and oxygen atoms in total. The molecule has 0 radical (unpaired) electrons. The van der Waals surface area contributed by atoms with Crippen molar-refractivity contribution in [3.63, 3.8) is 0 Å². The largest absolute Gasteiger partial charge is 0.508 e. The Bertz CT molecular complexity index is 486. The fraction of sp³-hybridized carbons (Fsp3) is 0.250. The highest BCUT2D eigenvalue weighted by Gasteiger charge is 2.06. The van der Waals surface area contributed by atoms with Crippen LogP contribution in [-0.4, -0.2) is 5.11 Å². The summed E-state index contributed by atoms with van der Waals surface area (Å²) < 4.78 is 0. The molecule has 0 heterocycles. The zero-order valence-corrected chi connectivity index (χ0v) is 10.4. The molecule has 88 valence electrons. The predicted molar refractivity (Wildman–Crippen MR) is 71.4 cm³/mol. The molecule has 0 aromatic heterocycles. The van der Waals surface area contributed by atoms with E-state index in [2.05, 4.69) is 32.0 Å². The first-order valence-corrected chi connectivity index (χ1v) is 6.02. The van der Waals surface area contributed by atoms with Crippen LogP contribution in [0.1, 0.15) is 36.5 Å². The van der Waals surface area contributed by atoms with Gasteiger partial charge in [-0.3, -0.25) is 0 Å². The van der Waals surface area contributed by atoms with Crippen molar-refractivity contribution in [1.29, 1.82) is 0 Å². The average molecular weight is 226 g/mol. The SMILES string of the molecule is CC(C)c1ccc(O)c(Cc2ccccc2)c1. The van der Waals surface area contributed by atoms with E-state index in [-0.39, 0.29) is 0 Å². The zero-order valence-electron chi connectivity index (χ0n) is 10.4. The van der Waals surface area contributed by atoms with E-state index in [1.54, 1.807) is 6.07 Å². The summed E-state index contributed by atoms with van der Waals surface area (Å²) in [5.41, 5.74) is 3.50. The predicted octanol–water partition coefficient (Wildman–Crippen LogP) is 4.11. The molecule has 2 rings (SSSR count). The number of phenolic OH excluding ortho intramolecular Hbond substituents is 1. The van der Waals surface area contributed by atoms with Crippen LogP contribution in [0.5, 0.6) is 5.75 Å². The Labute approximate surface area is 103 Å². The van der Waals surface area contributed by atoms with E-state index in [1.165, 1.54) is 11.1 Å². The molecule has 0 unspecified atom stereocenters. The van der Waals surface area contributed by atoms with Crippen LogP contribution in [-0.2, 0) is 6.42 Å². The van der Waals surface area contributed by atoms with Crippen LogP contribution >= 0.6 is 0 Å². The third-order valence-electron chi connectivity index (χ3n) is 3.01. The van der Waals surface area contributed by atoms with Crippen molar-refractivity contribution in [3.05, 3.63) is 65.2 Å². The van der Waals surface area contributed by atoms with Crippen molar-refractivity contribution in [2.75, 3.05) is 0 Å². The Morgan fingerprint density at radius 1 is 1.00 bits per heavy atom. The van der Waals surface area contributed by atoms with E-state index in [1.807, 2.05) is 24.3 Å². The highest BCUT2D eigenvalue weighted by molar-refractivity contribution is 5.40. The molecular formula is C16H18O. The van der Waals surface area contributed by atoms with Gasteiger partial charge in [0.25, 0.3) is 0 Å². The molecule has 1 heteroatoms. The number of hydrogen-bond donors (Lipinski definition) is 1. The first-order chi connectivity index (χ1) is 8.16. The van der Waals surface area contributed by atoms with Gasteiger partial charge >= 0.3 is 0 Å². The number of benzene rings is 2. The van der Waals surface area contributed by atoms with Gasteiger partial charge in [0, 0.05) is 6.42 Å². The molecule has 17 heavy (non-hydrogen) atoms. The number of rotatable bonds is 3. The standard InChI is InChI=1S/C16H18O/c1-12(2)14-8-9-16(17)15(11-14)10-13-6-4-3-5-7-13/h3-9,11-12,17H,10H2,1-2H3. The molecule has 0 aliphatic rings. The van der Waals surface area contributed by atoms with Crippen LogP contribution in [0.2, 0.25) is 0 Å². The van der Waals surface area contributed by atoms with Gasteiger partial charge in [-0.1, -0.05) is 56.3 Å². The molecule has 1 N–H and O–H groups in total. The molecule has 0 amide bonds. The Kier molecular flexibility index (Phi) is 3.48. The Morgan fingerprint density at radius 3 is 2.35 bits per heavy atom. The number of phenols is 1. The second kappa shape index (κ2) is 5.05. The Balaban J connectivity index is 2.29. The lowest BCUT2D eigenvalue weighted by atomic mass is 9.97. The van der Waals surface area contributed by atoms with Crippen molar-refractivity contribution in [2.24, 2.45) is 0 Å². The van der Waals surface area contributed by atoms with E-state index >= 15 is 0 Å². The van der Waals surface area contributed by atoms with Gasteiger partial charge in [0.05, 0.1) is 0 Å². The molecule has 0 bridgehead atoms. The number of aromatic hydroxyl groups is 1. The van der Waals surface area contributed by atoms with Crippen molar-refractivity contribution in [3.8, 4) is 5.75 Å². The molecule has 0 fully saturated rings. The van der Waals surface area contributed by atoms with Gasteiger partial charge in [0.2, 0.25) is 0 Å². The van der Waals surface area contributed by atoms with Crippen molar-refractivity contribution < 1.29 is 5.11 Å². The summed E-state index contributed by atoms with van der Waals surface area (Å²) in [7, 11) is 0. The lowest BCUT2D eigenvalue weighted by Crippen LogP contribution is -1.93. The maximum atomic E-state index is 9.88. The Morgan fingerprint density at radius 2 is 1.71 bits per heavy atom. The molecule has 0 aliphatic heterocycles. The summed E-state index contributed by atoms with van der Waals surface area (Å²) in [5, 5.41) is 9.88. The van der Waals surface area contributed by atoms with Crippen LogP contribution in [0.3, 0.4) is 0 Å². The summed E-state index contributed by atoms with van der Waals surface area (Å²) in [4.78, 5) is 0. The zero-order chi connectivity index (χ0) is 12.3. The monoisotopic (exact) mass is 226 g/mol. The summed E-state index contributed by atoms with van der Waals surface area (Å²) in [6.45, 7) is 4.33. The third-order valence-corrected chi connectivity index (χ3v) is 3.01. The first kappa shape index (κ1) is 11.7. The van der Waals surface area contributed by atoms with Crippen LogP contribution in [0.25, 0.3) is 0 Å². The minimum atomic E-state index is 0.387. The second-order valence-corrected chi connectivity index (χ2v) is 4.71. The molecular weight excluding hydrogens is 208 g/mol. The smallest absolute Gasteiger partial charge is 0.119 e. The van der Waals surface area contributed by atoms with Gasteiger partial charge in [-0.25, -0.2) is 0 Å². The fourth-order valence-electron chi connectivity index (χ4n) is 1.92. The normalized spacial score (nSPS) is 10.8. The molecule has 0 aliphatic carbocycles. The van der Waals surface area contributed by atoms with Crippen LogP contribution in [0.15, 0.2) is 48.5 Å². The van der Waals surface area contributed by atoms with Gasteiger partial charge in [-0.2, -0.15) is 0 Å². The van der Waals surface area contributed by atoms with Crippen LogP contribution < -0.4 is 0 Å². The molecule has 0 saturated heterocycles. The van der Waals surface area contributed by atoms with E-state index < -0.39 is 0 Å². The highest BCUT2D eigenvalue weighted by atomic mass is 16.3. The first-order valence-electron chi connectivity index (χ1n) is 6.02. The lowest BCUT2D eigenvalue weighted by molar-refractivity contribution is 0.469. The van der Waals surface area contributed by atoms with Gasteiger partial charge in [-0.15, -0.1) is 0 Å². The quantitative estimate of drug-likeness (QED) is 0.835. The highest BCUT2D eigenvalue weighted by Crippen LogP contribution is 2.25. The summed E-state index contributed by atoms with van der Waals surface area (Å²) >= 11 is 0. The average Bonchev–Trinajstić information content (AvgIpc) is 2.33. The maximum absolute atomic E-state index is 9.88. The fourth-order valence-corrected chi connectivity index (χ4v) is 1.92. The third kappa shape index (κ3) is 2.88. The van der Waals surface area contributed by atoms with Gasteiger partial charge < -0.3 is 5.11 Å². The van der Waals surface area contributed by atoms with Gasteiger partial charge in [0.15, 0.2) is 0 Å². The summed E-state index contributed by atoms with van der Waals surface area (Å²) in [6.07, 6.45) is 0.785. The summed E-state index contributed by atoms with van der Waals surface area (Å²) in [6, 6.07) is 16.1. The lowest BCUT2D eigenvalue weighted by Gasteiger charge is -2.10. The van der Waals surface area contributed by atoms with E-state index in [0.717, 1.165) is 12.0 Å². The minimum absolute atomic E-state index is 0.387. The van der Waals surface area contributed by atoms with Crippen molar-refractivity contribution >= 4 is 0 Å². The van der Waals surface area contributed by atoms with E-state index in [9.17, 15) is 5.11 Å². The second-order valence-electron chi connectivity index (χ2n) is 4.71. The maximum Gasteiger partial charge on any atom is 0.119 e. The topological polar surface area (TPSA) is 20.2 Å². The van der Waals surface area contributed by atoms with Gasteiger partial charge in [0.1, 0.15) is 5.75 Å². The van der Waals surface area contributed by atoms with Crippen LogP contribution in [0.4, 0.5) is 0 Å². The molecule has 2 aromatic carbocycles. The van der Waals surface area contributed by atoms with Crippen molar-refractivity contribution in [1.82, 2.24) is 0 Å². The van der Waals surface area contributed by atoms with E-state index in [0.29, 0.717) is 11.7 Å². The van der Waals surface area contributed by atoms with E-state index in [4.69, 9.17) is 0 Å². The van der Waals surface area contributed by atoms with Crippen LogP contribution in [0, 0.1) is 0 Å². The molecule has 0 spiro atoms. The number of hydrogen-bond acceptors (Lipinski definition) is 1. The summed E-state index contributed by atoms with van der Waals surface area (Å²) in [5.74, 6) is 0.878. The van der Waals surface area contributed by atoms with Crippen molar-refractivity contribution in [2.45, 2.75) is 26.2 Å². The van der Waals surface area contributed by atoms with Gasteiger partial charge in [-0.05, 0) is 28.7 Å². The molecule has 0 atom stereocenters. The molecule has 2 aromatic rings. The molecule has 0 saturated carbocycles.